The molecule has 0 bridgehead atoms. The fourth-order valence-electron chi connectivity index (χ4n) is 6.30. The molecule has 5 rings (SSSR count). The van der Waals surface area contributed by atoms with Crippen LogP contribution in [0.3, 0.4) is 0 Å². The predicted molar refractivity (Wildman–Crippen MR) is 182 cm³/mol. The molecule has 4 heterocycles. The number of imidazole rings is 1. The number of fused-ring (bicyclic) bond motifs is 1. The van der Waals surface area contributed by atoms with Gasteiger partial charge in [-0.2, -0.15) is 4.57 Å². The summed E-state index contributed by atoms with van der Waals surface area (Å²) in [5.41, 5.74) is 6.18. The molecule has 0 radical (unpaired) electrons. The average molecular weight is 791 g/mol. The van der Waals surface area contributed by atoms with Crippen LogP contribution in [-0.2, 0) is 27.2 Å². The molecule has 21 nitrogen and oxygen atoms in total. The molecule has 1 saturated carbocycles. The number of ether oxygens (including phenoxy) is 1. The van der Waals surface area contributed by atoms with Gasteiger partial charge in [-0.3, -0.25) is 18.5 Å². The van der Waals surface area contributed by atoms with Gasteiger partial charge in [0.15, 0.2) is 41.6 Å². The fraction of sp³-hybridized carbons (Fsp3) is 0.633. The second kappa shape index (κ2) is 18.1. The summed E-state index contributed by atoms with van der Waals surface area (Å²) in [5.74, 6) is -1.11. The van der Waals surface area contributed by atoms with E-state index in [1.165, 1.54) is 46.3 Å². The molecule has 3 aromatic rings. The van der Waals surface area contributed by atoms with Gasteiger partial charge in [-0.1, -0.05) is 26.7 Å². The number of amides is 1. The number of primary amides is 1. The summed E-state index contributed by atoms with van der Waals surface area (Å²) in [6, 6.07) is 2.17. The van der Waals surface area contributed by atoms with E-state index >= 15 is 0 Å². The van der Waals surface area contributed by atoms with Crippen molar-refractivity contribution >= 4 is 38.5 Å². The number of pyridine rings is 1. The van der Waals surface area contributed by atoms with E-state index in [2.05, 4.69) is 38.0 Å². The zero-order valence-electron chi connectivity index (χ0n) is 29.6. The van der Waals surface area contributed by atoms with Crippen LogP contribution in [0.2, 0.25) is 0 Å². The molecule has 1 saturated heterocycles. The standard InChI is InChI=1S/C30H45N7O13P2.H3N/c1-3-5-9-35(10-6-4-2)28-22-29(33-16-32-28)37(17-34-22)30-26(41)25(40)21(49-30)15-48-52(45,46)50-51(43,44)47-14-19-12-20(24(39)23(19)38)36-11-7-8-18(13-36)27(31)42;/h7-8,11,13,16-17,19-21,23-26,30,38-41H,3-6,9-10,12,14-15H2,1-2H3,(H3-,31,42,43,44,45,46);1H3/t19-,20-,21+,23-,24+,25+,26+,30+;/m1./s1. The Kier molecular flexibility index (Phi) is 14.6. The smallest absolute Gasteiger partial charge is 0.274 e. The van der Waals surface area contributed by atoms with Crippen LogP contribution in [0.25, 0.3) is 11.2 Å². The van der Waals surface area contributed by atoms with Crippen molar-refractivity contribution < 1.29 is 66.8 Å². The van der Waals surface area contributed by atoms with Gasteiger partial charge in [0, 0.05) is 31.5 Å². The van der Waals surface area contributed by atoms with Gasteiger partial charge in [-0.05, 0) is 18.9 Å². The second-order valence-electron chi connectivity index (χ2n) is 12.8. The van der Waals surface area contributed by atoms with Gasteiger partial charge in [0.05, 0.1) is 25.6 Å². The van der Waals surface area contributed by atoms with Crippen molar-refractivity contribution in [3.63, 3.8) is 0 Å². The second-order valence-corrected chi connectivity index (χ2v) is 15.7. The summed E-state index contributed by atoms with van der Waals surface area (Å²) < 4.78 is 47.2. The number of phosphoric ester groups is 2. The number of aromatic nitrogens is 5. The minimum Gasteiger partial charge on any atom is -0.756 e. The number of unbranched alkanes of at least 4 members (excludes halogenated alkanes) is 2. The van der Waals surface area contributed by atoms with Crippen molar-refractivity contribution in [3.8, 4) is 0 Å². The van der Waals surface area contributed by atoms with Crippen LogP contribution in [0, 0.1) is 5.92 Å². The first-order valence-electron chi connectivity index (χ1n) is 16.9. The topological polar surface area (TPSA) is 328 Å². The molecule has 1 aliphatic carbocycles. The van der Waals surface area contributed by atoms with E-state index in [-0.39, 0.29) is 18.1 Å². The van der Waals surface area contributed by atoms with Crippen LogP contribution in [0.1, 0.15) is 68.6 Å². The van der Waals surface area contributed by atoms with Crippen LogP contribution in [0.15, 0.2) is 37.2 Å². The Morgan fingerprint density at radius 1 is 1.02 bits per heavy atom. The first-order valence-corrected chi connectivity index (χ1v) is 19.8. The predicted octanol–water partition coefficient (Wildman–Crippen LogP) is -0.416. The Hall–Kier alpha value is -3.01. The number of rotatable bonds is 18. The minimum atomic E-state index is -5.66. The van der Waals surface area contributed by atoms with E-state index < -0.39 is 83.5 Å². The number of nitrogens with zero attached hydrogens (tertiary/aromatic N) is 6. The molecule has 10 N–H and O–H groups in total. The van der Waals surface area contributed by atoms with E-state index in [4.69, 9.17) is 19.5 Å². The highest BCUT2D eigenvalue weighted by Gasteiger charge is 2.48. The molecule has 2 fully saturated rings. The van der Waals surface area contributed by atoms with Crippen molar-refractivity contribution in [1.29, 1.82) is 0 Å². The first-order chi connectivity index (χ1) is 24.7. The largest absolute Gasteiger partial charge is 0.756 e. The maximum Gasteiger partial charge on any atom is 0.274 e. The van der Waals surface area contributed by atoms with Gasteiger partial charge >= 0.3 is 0 Å². The lowest BCUT2D eigenvalue weighted by molar-refractivity contribution is -0.728. The van der Waals surface area contributed by atoms with Crippen LogP contribution in [0.5, 0.6) is 0 Å². The van der Waals surface area contributed by atoms with Crippen molar-refractivity contribution in [3.05, 3.63) is 42.7 Å². The molecular weight excluding hydrogens is 742 g/mol. The number of hydrogen-bond acceptors (Lipinski definition) is 17. The number of quaternary nitrogens is 1. The van der Waals surface area contributed by atoms with E-state index in [0.717, 1.165) is 38.8 Å². The van der Waals surface area contributed by atoms with Gasteiger partial charge in [0.2, 0.25) is 0 Å². The Morgan fingerprint density at radius 2 is 1.68 bits per heavy atom. The van der Waals surface area contributed by atoms with E-state index in [1.54, 1.807) is 0 Å². The van der Waals surface area contributed by atoms with E-state index in [9.17, 15) is 44.1 Å². The molecule has 0 spiro atoms. The monoisotopic (exact) mass is 790 g/mol. The number of aliphatic hydroxyl groups excluding tert-OH is 4. The summed E-state index contributed by atoms with van der Waals surface area (Å²) in [6.45, 7) is 3.95. The zero-order chi connectivity index (χ0) is 37.8. The summed E-state index contributed by atoms with van der Waals surface area (Å²) in [4.78, 5) is 51.8. The summed E-state index contributed by atoms with van der Waals surface area (Å²) in [7, 11) is -11.3. The lowest BCUT2D eigenvalue weighted by Gasteiger charge is -2.32. The Balaban J connectivity index is 0.00000627. The van der Waals surface area contributed by atoms with Gasteiger partial charge in [0.1, 0.15) is 36.3 Å². The Morgan fingerprint density at radius 3 is 2.32 bits per heavy atom. The lowest BCUT2D eigenvalue weighted by atomic mass is 10.1. The van der Waals surface area contributed by atoms with Crippen LogP contribution in [0.4, 0.5) is 5.82 Å². The minimum absolute atomic E-state index is 0. The van der Waals surface area contributed by atoms with E-state index in [0.29, 0.717) is 17.0 Å². The highest BCUT2D eigenvalue weighted by molar-refractivity contribution is 7.59. The maximum absolute atomic E-state index is 12.5. The molecule has 23 heteroatoms. The van der Waals surface area contributed by atoms with E-state index in [1.807, 2.05) is 0 Å². The number of phosphoric acid groups is 2. The molecule has 2 unspecified atom stereocenters. The molecule has 296 valence electrons. The fourth-order valence-corrected chi connectivity index (χ4v) is 8.36. The molecule has 53 heavy (non-hydrogen) atoms. The lowest BCUT2D eigenvalue weighted by Crippen LogP contribution is -2.45. The number of anilines is 1. The van der Waals surface area contributed by atoms with Gasteiger partial charge in [0.25, 0.3) is 21.6 Å². The van der Waals surface area contributed by atoms with Crippen LogP contribution in [-0.4, -0.2) is 103 Å². The summed E-state index contributed by atoms with van der Waals surface area (Å²) >= 11 is 0. The maximum atomic E-state index is 12.5. The SMILES string of the molecule is CCCCN(CCCC)c1ncnc2c1ncn2[C@H]1O[C@@H](COP(=O)([O-])OP(=O)([O-])OC[C@H]2C[C@@H]([n+]3cccc(C(N)=O)c3)[C@H](O)[C@@H]2O)[C@H](O)[C@@H]1O.[NH4+]. The number of hydrogen-bond donors (Lipinski definition) is 6. The van der Waals surface area contributed by atoms with Gasteiger partial charge in [-0.25, -0.2) is 19.3 Å². The Bertz CT molecular complexity index is 1780. The average Bonchev–Trinajstić information content (AvgIpc) is 3.75. The normalized spacial score (nSPS) is 28.0. The molecule has 3 aromatic heterocycles. The Labute approximate surface area is 305 Å². The molecule has 1 amide bonds. The third kappa shape index (κ3) is 10.0. The first kappa shape index (κ1) is 42.7. The highest BCUT2D eigenvalue weighted by Crippen LogP contribution is 2.56. The molecular formula is C30H48N8O13P2. The van der Waals surface area contributed by atoms with Gasteiger partial charge in [-0.15, -0.1) is 0 Å². The van der Waals surface area contributed by atoms with Gasteiger partial charge < -0.3 is 60.8 Å². The molecule has 1 aliphatic heterocycles. The van der Waals surface area contributed by atoms with Crippen molar-refractivity contribution in [2.24, 2.45) is 11.7 Å². The number of carbonyl (C=O) groups excluding carboxylic acids is 1. The third-order valence-corrected chi connectivity index (χ3v) is 11.6. The number of nitrogens with two attached hydrogens (primary N) is 1. The summed E-state index contributed by atoms with van der Waals surface area (Å²) in [6.07, 6.45) is 0.534. The summed E-state index contributed by atoms with van der Waals surface area (Å²) in [5, 5.41) is 42.6. The quantitative estimate of drug-likeness (QED) is 0.0704. The van der Waals surface area contributed by atoms with Crippen LogP contribution >= 0.6 is 15.6 Å². The number of aliphatic hydroxyl groups is 4. The highest BCUT2D eigenvalue weighted by atomic mass is 31.3. The van der Waals surface area contributed by atoms with Crippen molar-refractivity contribution in [2.45, 2.75) is 88.7 Å². The zero-order valence-corrected chi connectivity index (χ0v) is 31.4. The molecule has 2 aliphatic rings. The third-order valence-electron chi connectivity index (χ3n) is 9.12. The number of carbonyl (C=O) groups is 1. The van der Waals surface area contributed by atoms with Crippen LogP contribution < -0.4 is 31.1 Å². The van der Waals surface area contributed by atoms with Crippen molar-refractivity contribution in [2.75, 3.05) is 31.2 Å². The van der Waals surface area contributed by atoms with Crippen molar-refractivity contribution in [1.82, 2.24) is 25.7 Å². The molecule has 0 aromatic carbocycles. The molecule has 10 atom stereocenters.